The van der Waals surface area contributed by atoms with Crippen molar-refractivity contribution in [1.82, 2.24) is 10.2 Å². The quantitative estimate of drug-likeness (QED) is 0.673. The lowest BCUT2D eigenvalue weighted by atomic mass is 10.1. The normalized spacial score (nSPS) is 30.8. The van der Waals surface area contributed by atoms with Crippen molar-refractivity contribution >= 4 is 5.91 Å². The average Bonchev–Trinajstić information content (AvgIpc) is 2.39. The van der Waals surface area contributed by atoms with Crippen molar-refractivity contribution in [2.24, 2.45) is 0 Å². The van der Waals surface area contributed by atoms with E-state index in [1.807, 2.05) is 0 Å². The fraction of sp³-hybridized carbons (Fsp3) is 0.818. The van der Waals surface area contributed by atoms with Crippen LogP contribution in [-0.4, -0.2) is 49.2 Å². The SMILES string of the molecule is N#CC1CNCCN1C(=O)C1CCCCO1. The Labute approximate surface area is 95.4 Å². The monoisotopic (exact) mass is 223 g/mol. The second-order valence-electron chi connectivity index (χ2n) is 4.24. The van der Waals surface area contributed by atoms with E-state index in [-0.39, 0.29) is 18.1 Å². The molecule has 2 heterocycles. The molecule has 2 fully saturated rings. The molecule has 16 heavy (non-hydrogen) atoms. The molecule has 0 saturated carbocycles. The van der Waals surface area contributed by atoms with E-state index in [0.717, 1.165) is 25.8 Å². The molecule has 1 N–H and O–H groups in total. The van der Waals surface area contributed by atoms with Gasteiger partial charge in [-0.3, -0.25) is 4.79 Å². The van der Waals surface area contributed by atoms with Crippen LogP contribution in [0.2, 0.25) is 0 Å². The van der Waals surface area contributed by atoms with Gasteiger partial charge in [-0.15, -0.1) is 0 Å². The number of rotatable bonds is 1. The summed E-state index contributed by atoms with van der Waals surface area (Å²) in [5, 5.41) is 12.1. The van der Waals surface area contributed by atoms with Gasteiger partial charge in [0.25, 0.3) is 5.91 Å². The Morgan fingerprint density at radius 3 is 3.06 bits per heavy atom. The minimum atomic E-state index is -0.341. The molecule has 1 amide bonds. The third-order valence-electron chi connectivity index (χ3n) is 3.13. The van der Waals surface area contributed by atoms with Gasteiger partial charge < -0.3 is 15.0 Å². The zero-order valence-electron chi connectivity index (χ0n) is 9.32. The maximum Gasteiger partial charge on any atom is 0.252 e. The van der Waals surface area contributed by atoms with Gasteiger partial charge in [-0.1, -0.05) is 0 Å². The Kier molecular flexibility index (Phi) is 3.75. The van der Waals surface area contributed by atoms with Crippen molar-refractivity contribution in [2.45, 2.75) is 31.4 Å². The Hall–Kier alpha value is -1.12. The number of nitriles is 1. The summed E-state index contributed by atoms with van der Waals surface area (Å²) in [7, 11) is 0. The van der Waals surface area contributed by atoms with Crippen LogP contribution in [0.1, 0.15) is 19.3 Å². The van der Waals surface area contributed by atoms with Gasteiger partial charge in [-0.2, -0.15) is 5.26 Å². The van der Waals surface area contributed by atoms with Crippen molar-refractivity contribution in [1.29, 1.82) is 5.26 Å². The smallest absolute Gasteiger partial charge is 0.252 e. The predicted octanol–water partition coefficient (Wildman–Crippen LogP) is -0.121. The van der Waals surface area contributed by atoms with Crippen LogP contribution in [0.25, 0.3) is 0 Å². The van der Waals surface area contributed by atoms with Gasteiger partial charge in [-0.05, 0) is 19.3 Å². The maximum atomic E-state index is 12.1. The number of hydrogen-bond donors (Lipinski definition) is 1. The first-order chi connectivity index (χ1) is 7.83. The van der Waals surface area contributed by atoms with Gasteiger partial charge in [-0.25, -0.2) is 0 Å². The van der Waals surface area contributed by atoms with E-state index in [1.54, 1.807) is 4.90 Å². The van der Waals surface area contributed by atoms with E-state index in [0.29, 0.717) is 19.7 Å². The lowest BCUT2D eigenvalue weighted by Gasteiger charge is -2.35. The van der Waals surface area contributed by atoms with Crippen LogP contribution in [0.3, 0.4) is 0 Å². The number of carbonyl (C=O) groups is 1. The Morgan fingerprint density at radius 2 is 2.38 bits per heavy atom. The molecule has 2 saturated heterocycles. The van der Waals surface area contributed by atoms with E-state index in [2.05, 4.69) is 11.4 Å². The standard InChI is InChI=1S/C11H17N3O2/c12-7-9-8-13-4-5-14(9)11(15)10-3-1-2-6-16-10/h9-10,13H,1-6,8H2. The number of piperazine rings is 1. The number of nitrogens with one attached hydrogen (secondary N) is 1. The van der Waals surface area contributed by atoms with Gasteiger partial charge in [0, 0.05) is 26.2 Å². The van der Waals surface area contributed by atoms with E-state index in [1.165, 1.54) is 0 Å². The van der Waals surface area contributed by atoms with Crippen molar-refractivity contribution < 1.29 is 9.53 Å². The minimum Gasteiger partial charge on any atom is -0.368 e. The van der Waals surface area contributed by atoms with Gasteiger partial charge in [0.1, 0.15) is 12.1 Å². The summed E-state index contributed by atoms with van der Waals surface area (Å²) < 4.78 is 5.46. The molecular weight excluding hydrogens is 206 g/mol. The highest BCUT2D eigenvalue weighted by molar-refractivity contribution is 5.81. The maximum absolute atomic E-state index is 12.1. The summed E-state index contributed by atoms with van der Waals surface area (Å²) in [6, 6.07) is 1.82. The molecule has 2 unspecified atom stereocenters. The van der Waals surface area contributed by atoms with Gasteiger partial charge >= 0.3 is 0 Å². The van der Waals surface area contributed by atoms with E-state index >= 15 is 0 Å². The molecule has 5 nitrogen and oxygen atoms in total. The summed E-state index contributed by atoms with van der Waals surface area (Å²) in [4.78, 5) is 13.8. The second kappa shape index (κ2) is 5.28. The first-order valence-corrected chi connectivity index (χ1v) is 5.85. The molecule has 0 bridgehead atoms. The highest BCUT2D eigenvalue weighted by Crippen LogP contribution is 2.16. The lowest BCUT2D eigenvalue weighted by Crippen LogP contribution is -2.56. The molecule has 2 rings (SSSR count). The fourth-order valence-electron chi connectivity index (χ4n) is 2.20. The molecule has 0 aromatic heterocycles. The average molecular weight is 223 g/mol. The Morgan fingerprint density at radius 1 is 1.50 bits per heavy atom. The van der Waals surface area contributed by atoms with Crippen molar-refractivity contribution in [3.8, 4) is 6.07 Å². The van der Waals surface area contributed by atoms with Gasteiger partial charge in [0.15, 0.2) is 0 Å². The molecule has 2 atom stereocenters. The lowest BCUT2D eigenvalue weighted by molar-refractivity contribution is -0.148. The molecular formula is C11H17N3O2. The van der Waals surface area contributed by atoms with Crippen LogP contribution in [0.5, 0.6) is 0 Å². The molecule has 0 spiro atoms. The van der Waals surface area contributed by atoms with Crippen LogP contribution < -0.4 is 5.32 Å². The summed E-state index contributed by atoms with van der Waals surface area (Å²) in [6.07, 6.45) is 2.55. The highest BCUT2D eigenvalue weighted by Gasteiger charge is 2.32. The van der Waals surface area contributed by atoms with Crippen molar-refractivity contribution in [3.05, 3.63) is 0 Å². The zero-order chi connectivity index (χ0) is 11.4. The largest absolute Gasteiger partial charge is 0.368 e. The minimum absolute atomic E-state index is 0.00671. The third kappa shape index (κ3) is 2.34. The van der Waals surface area contributed by atoms with E-state index in [9.17, 15) is 4.79 Å². The highest BCUT2D eigenvalue weighted by atomic mass is 16.5. The van der Waals surface area contributed by atoms with Crippen LogP contribution in [0, 0.1) is 11.3 Å². The molecule has 2 aliphatic heterocycles. The molecule has 0 aromatic carbocycles. The number of nitrogens with zero attached hydrogens (tertiary/aromatic N) is 2. The predicted molar refractivity (Wildman–Crippen MR) is 57.6 cm³/mol. The van der Waals surface area contributed by atoms with Crippen LogP contribution >= 0.6 is 0 Å². The fourth-order valence-corrected chi connectivity index (χ4v) is 2.20. The van der Waals surface area contributed by atoms with Crippen LogP contribution in [-0.2, 0) is 9.53 Å². The Bertz CT molecular complexity index is 294. The zero-order valence-corrected chi connectivity index (χ0v) is 9.32. The summed E-state index contributed by atoms with van der Waals surface area (Å²) in [6.45, 7) is 2.60. The van der Waals surface area contributed by atoms with Crippen molar-refractivity contribution in [3.63, 3.8) is 0 Å². The molecule has 88 valence electrons. The summed E-state index contributed by atoms with van der Waals surface area (Å²) >= 11 is 0. The summed E-state index contributed by atoms with van der Waals surface area (Å²) in [5.41, 5.74) is 0. The molecule has 0 aromatic rings. The molecule has 0 aliphatic carbocycles. The summed E-state index contributed by atoms with van der Waals surface area (Å²) in [5.74, 6) is -0.00671. The van der Waals surface area contributed by atoms with E-state index in [4.69, 9.17) is 10.00 Å². The third-order valence-corrected chi connectivity index (χ3v) is 3.13. The van der Waals surface area contributed by atoms with E-state index < -0.39 is 0 Å². The van der Waals surface area contributed by atoms with Crippen molar-refractivity contribution in [2.75, 3.05) is 26.2 Å². The van der Waals surface area contributed by atoms with Gasteiger partial charge in [0.05, 0.1) is 6.07 Å². The van der Waals surface area contributed by atoms with Gasteiger partial charge in [0.2, 0.25) is 0 Å². The number of hydrogen-bond acceptors (Lipinski definition) is 4. The second-order valence-corrected chi connectivity index (χ2v) is 4.24. The first kappa shape index (κ1) is 11.4. The first-order valence-electron chi connectivity index (χ1n) is 5.85. The van der Waals surface area contributed by atoms with Crippen LogP contribution in [0.4, 0.5) is 0 Å². The van der Waals surface area contributed by atoms with Crippen LogP contribution in [0.15, 0.2) is 0 Å². The number of amides is 1. The molecule has 5 heteroatoms. The topological polar surface area (TPSA) is 65.4 Å². The molecule has 2 aliphatic rings. The molecule has 0 radical (unpaired) electrons. The Balaban J connectivity index is 1.98. The number of ether oxygens (including phenoxy) is 1. The number of carbonyl (C=O) groups excluding carboxylic acids is 1.